The molecule has 1 unspecified atom stereocenters. The third-order valence-electron chi connectivity index (χ3n) is 3.76. The molecule has 0 bridgehead atoms. The molecule has 0 spiro atoms. The molecule has 0 fully saturated rings. The largest absolute Gasteiger partial charge is 0.438 e. The smallest absolute Gasteiger partial charge is 0.412 e. The number of benzene rings is 2. The summed E-state index contributed by atoms with van der Waals surface area (Å²) in [6, 6.07) is 8.56. The number of anilines is 2. The Hall–Kier alpha value is -2.44. The van der Waals surface area contributed by atoms with Crippen molar-refractivity contribution in [2.24, 2.45) is 0 Å². The highest BCUT2D eigenvalue weighted by Gasteiger charge is 2.17. The van der Waals surface area contributed by atoms with E-state index in [0.29, 0.717) is 32.8 Å². The van der Waals surface area contributed by atoms with Gasteiger partial charge in [-0.05, 0) is 43.7 Å². The minimum Gasteiger partial charge on any atom is -0.438 e. The Morgan fingerprint density at radius 3 is 2.76 bits per heavy atom. The average molecular weight is 379 g/mol. The first-order valence-electron chi connectivity index (χ1n) is 7.52. The number of H-pyrrole nitrogens is 1. The number of aromatic nitrogens is 2. The number of carbonyl (C=O) groups excluding carboxylic acids is 1. The van der Waals surface area contributed by atoms with Crippen LogP contribution in [0.15, 0.2) is 30.3 Å². The van der Waals surface area contributed by atoms with Crippen LogP contribution in [0.25, 0.3) is 11.0 Å². The second kappa shape index (κ2) is 6.82. The van der Waals surface area contributed by atoms with Crippen molar-refractivity contribution in [2.45, 2.75) is 20.0 Å². The van der Waals surface area contributed by atoms with Gasteiger partial charge >= 0.3 is 6.09 Å². The number of nitrogen functional groups attached to an aromatic ring is 1. The van der Waals surface area contributed by atoms with Gasteiger partial charge in [0.2, 0.25) is 0 Å². The third-order valence-corrected chi connectivity index (χ3v) is 4.50. The molecule has 4 N–H and O–H groups in total. The average Bonchev–Trinajstić information content (AvgIpc) is 2.99. The molecule has 1 aromatic heterocycles. The highest BCUT2D eigenvalue weighted by Crippen LogP contribution is 2.27. The number of fused-ring (bicyclic) bond motifs is 1. The molecular formula is C17H16Cl2N4O2. The number of aromatic amines is 1. The van der Waals surface area contributed by atoms with Gasteiger partial charge in [-0.2, -0.15) is 0 Å². The lowest BCUT2D eigenvalue weighted by molar-refractivity contribution is 0.117. The van der Waals surface area contributed by atoms with Gasteiger partial charge in [0, 0.05) is 5.69 Å². The Morgan fingerprint density at radius 2 is 2.04 bits per heavy atom. The summed E-state index contributed by atoms with van der Waals surface area (Å²) < 4.78 is 5.35. The van der Waals surface area contributed by atoms with Gasteiger partial charge in [-0.3, -0.25) is 5.32 Å². The van der Waals surface area contributed by atoms with Crippen LogP contribution in [0.4, 0.5) is 16.2 Å². The fraction of sp³-hybridized carbons (Fsp3) is 0.176. The van der Waals surface area contributed by atoms with Crippen LogP contribution in [0.2, 0.25) is 10.0 Å². The van der Waals surface area contributed by atoms with Crippen LogP contribution in [-0.4, -0.2) is 16.1 Å². The van der Waals surface area contributed by atoms with Gasteiger partial charge in [-0.15, -0.1) is 0 Å². The van der Waals surface area contributed by atoms with Crippen molar-refractivity contribution in [2.75, 3.05) is 11.1 Å². The van der Waals surface area contributed by atoms with Crippen molar-refractivity contribution in [1.29, 1.82) is 0 Å². The van der Waals surface area contributed by atoms with Crippen LogP contribution in [0.5, 0.6) is 0 Å². The number of carbonyl (C=O) groups is 1. The lowest BCUT2D eigenvalue weighted by Gasteiger charge is -2.12. The van der Waals surface area contributed by atoms with Gasteiger partial charge in [0.1, 0.15) is 11.3 Å². The lowest BCUT2D eigenvalue weighted by atomic mass is 10.2. The summed E-state index contributed by atoms with van der Waals surface area (Å²) in [5, 5.41) is 3.34. The van der Waals surface area contributed by atoms with Gasteiger partial charge in [-0.25, -0.2) is 9.78 Å². The van der Waals surface area contributed by atoms with Gasteiger partial charge < -0.3 is 15.5 Å². The number of ether oxygens (including phenoxy) is 1. The molecule has 8 heteroatoms. The first-order chi connectivity index (χ1) is 11.8. The number of amides is 1. The maximum atomic E-state index is 12.1. The Morgan fingerprint density at radius 1 is 1.28 bits per heavy atom. The highest BCUT2D eigenvalue weighted by atomic mass is 35.5. The van der Waals surface area contributed by atoms with E-state index in [1.54, 1.807) is 25.1 Å². The van der Waals surface area contributed by atoms with Gasteiger partial charge in [0.15, 0.2) is 6.10 Å². The Labute approximate surface area is 154 Å². The fourth-order valence-corrected chi connectivity index (χ4v) is 2.64. The number of nitrogens with two attached hydrogens (primary N) is 1. The SMILES string of the molecule is Cc1ccc2[nH]c(C(C)OC(=O)Nc3ccc(Cl)c(Cl)c3)nc2c1N. The topological polar surface area (TPSA) is 93.0 Å². The number of imidazole rings is 1. The molecule has 3 aromatic rings. The Balaban J connectivity index is 1.73. The van der Waals surface area contributed by atoms with Crippen LogP contribution >= 0.6 is 23.2 Å². The molecule has 2 aromatic carbocycles. The van der Waals surface area contributed by atoms with E-state index < -0.39 is 12.2 Å². The van der Waals surface area contributed by atoms with Crippen molar-refractivity contribution in [3.05, 3.63) is 51.8 Å². The zero-order valence-electron chi connectivity index (χ0n) is 13.6. The molecule has 0 aliphatic rings. The molecule has 1 heterocycles. The molecule has 6 nitrogen and oxygen atoms in total. The molecule has 25 heavy (non-hydrogen) atoms. The van der Waals surface area contributed by atoms with E-state index in [0.717, 1.165) is 11.1 Å². The number of nitrogens with one attached hydrogen (secondary N) is 2. The molecular weight excluding hydrogens is 363 g/mol. The predicted octanol–water partition coefficient (Wildman–Crippen LogP) is 5.07. The first-order valence-corrected chi connectivity index (χ1v) is 8.28. The second-order valence-corrected chi connectivity index (χ2v) is 6.43. The van der Waals surface area contributed by atoms with Crippen molar-refractivity contribution in [3.8, 4) is 0 Å². The molecule has 0 saturated carbocycles. The maximum absolute atomic E-state index is 12.1. The molecule has 0 aliphatic heterocycles. The fourth-order valence-electron chi connectivity index (χ4n) is 2.35. The Bertz CT molecular complexity index is 955. The van der Waals surface area contributed by atoms with E-state index in [1.165, 1.54) is 0 Å². The van der Waals surface area contributed by atoms with Crippen molar-refractivity contribution in [1.82, 2.24) is 9.97 Å². The van der Waals surface area contributed by atoms with Gasteiger partial charge in [0.05, 0.1) is 21.2 Å². The maximum Gasteiger partial charge on any atom is 0.412 e. The van der Waals surface area contributed by atoms with E-state index in [4.69, 9.17) is 33.7 Å². The second-order valence-electron chi connectivity index (χ2n) is 5.62. The standard InChI is InChI=1S/C17H16Cl2N4O2/c1-8-3-6-13-15(14(8)20)23-16(22-13)9(2)25-17(24)21-10-4-5-11(18)12(19)7-10/h3-7,9H,20H2,1-2H3,(H,21,24)(H,22,23). The van der Waals surface area contributed by atoms with Gasteiger partial charge in [0.25, 0.3) is 0 Å². The number of hydrogen-bond acceptors (Lipinski definition) is 4. The van der Waals surface area contributed by atoms with Crippen molar-refractivity contribution >= 4 is 51.7 Å². The van der Waals surface area contributed by atoms with Crippen LogP contribution < -0.4 is 11.1 Å². The molecule has 0 aliphatic carbocycles. The zero-order chi connectivity index (χ0) is 18.1. The number of halogens is 2. The summed E-state index contributed by atoms with van der Waals surface area (Å²) in [6.45, 7) is 3.63. The summed E-state index contributed by atoms with van der Waals surface area (Å²) in [4.78, 5) is 19.6. The number of rotatable bonds is 3. The van der Waals surface area contributed by atoms with Crippen LogP contribution in [0.3, 0.4) is 0 Å². The van der Waals surface area contributed by atoms with E-state index in [-0.39, 0.29) is 0 Å². The van der Waals surface area contributed by atoms with Crippen LogP contribution in [0, 0.1) is 6.92 Å². The molecule has 1 atom stereocenters. The number of hydrogen-bond donors (Lipinski definition) is 3. The monoisotopic (exact) mass is 378 g/mol. The molecule has 3 rings (SSSR count). The van der Waals surface area contributed by atoms with E-state index in [1.807, 2.05) is 19.1 Å². The number of nitrogens with zero attached hydrogens (tertiary/aromatic N) is 1. The summed E-state index contributed by atoms with van der Waals surface area (Å²) in [6.07, 6.45) is -1.22. The summed E-state index contributed by atoms with van der Waals surface area (Å²) >= 11 is 11.8. The predicted molar refractivity (Wildman–Crippen MR) is 100 cm³/mol. The summed E-state index contributed by atoms with van der Waals surface area (Å²) in [5.41, 5.74) is 9.52. The quantitative estimate of drug-likeness (QED) is 0.554. The summed E-state index contributed by atoms with van der Waals surface area (Å²) in [5.74, 6) is 0.511. The molecule has 1 amide bonds. The van der Waals surface area contributed by atoms with Crippen molar-refractivity contribution in [3.63, 3.8) is 0 Å². The van der Waals surface area contributed by atoms with E-state index in [9.17, 15) is 4.79 Å². The molecule has 0 saturated heterocycles. The van der Waals surface area contributed by atoms with Crippen molar-refractivity contribution < 1.29 is 9.53 Å². The molecule has 0 radical (unpaired) electrons. The lowest BCUT2D eigenvalue weighted by Crippen LogP contribution is -2.16. The first kappa shape index (κ1) is 17.4. The third kappa shape index (κ3) is 3.65. The molecule has 130 valence electrons. The Kier molecular flexibility index (Phi) is 4.74. The number of aryl methyl sites for hydroxylation is 1. The normalized spacial score (nSPS) is 12.2. The van der Waals surface area contributed by atoms with E-state index >= 15 is 0 Å². The van der Waals surface area contributed by atoms with E-state index in [2.05, 4.69) is 15.3 Å². The van der Waals surface area contributed by atoms with Crippen LogP contribution in [-0.2, 0) is 4.74 Å². The highest BCUT2D eigenvalue weighted by molar-refractivity contribution is 6.42. The van der Waals surface area contributed by atoms with Crippen LogP contribution in [0.1, 0.15) is 24.4 Å². The minimum absolute atomic E-state index is 0.343. The minimum atomic E-state index is -0.629. The summed E-state index contributed by atoms with van der Waals surface area (Å²) in [7, 11) is 0. The van der Waals surface area contributed by atoms with Gasteiger partial charge in [-0.1, -0.05) is 29.3 Å². The zero-order valence-corrected chi connectivity index (χ0v) is 15.1.